The van der Waals surface area contributed by atoms with Crippen molar-refractivity contribution in [3.8, 4) is 0 Å². The van der Waals surface area contributed by atoms with Crippen LogP contribution in [0, 0.1) is 18.6 Å². The summed E-state index contributed by atoms with van der Waals surface area (Å²) in [6.07, 6.45) is -1.21. The van der Waals surface area contributed by atoms with Gasteiger partial charge in [-0.15, -0.1) is 0 Å². The molecule has 0 aliphatic rings. The average Bonchev–Trinajstić information content (AvgIpc) is 2.50. The minimum Gasteiger partial charge on any atom is -0.449 e. The van der Waals surface area contributed by atoms with E-state index >= 15 is 0 Å². The van der Waals surface area contributed by atoms with Crippen LogP contribution in [0.4, 0.5) is 14.5 Å². The summed E-state index contributed by atoms with van der Waals surface area (Å²) in [6.45, 7) is 3.13. The number of para-hydroxylation sites is 1. The maximum absolute atomic E-state index is 13.5. The fourth-order valence-electron chi connectivity index (χ4n) is 1.90. The lowest BCUT2D eigenvalue weighted by molar-refractivity contribution is -0.123. The molecule has 2 aromatic rings. The van der Waals surface area contributed by atoms with E-state index in [1.165, 1.54) is 13.0 Å². The van der Waals surface area contributed by atoms with Crippen molar-refractivity contribution in [3.05, 3.63) is 65.2 Å². The largest absolute Gasteiger partial charge is 0.449 e. The van der Waals surface area contributed by atoms with Crippen molar-refractivity contribution in [1.29, 1.82) is 0 Å². The number of ether oxygens (including phenoxy) is 1. The van der Waals surface area contributed by atoms with E-state index in [0.29, 0.717) is 5.56 Å². The summed E-state index contributed by atoms with van der Waals surface area (Å²) in [5, 5.41) is 2.08. The molecule has 4 nitrogen and oxygen atoms in total. The summed E-state index contributed by atoms with van der Waals surface area (Å²) in [4.78, 5) is 23.9. The van der Waals surface area contributed by atoms with Gasteiger partial charge >= 0.3 is 5.97 Å². The zero-order valence-corrected chi connectivity index (χ0v) is 12.6. The summed E-state index contributed by atoms with van der Waals surface area (Å²) < 4.78 is 32.0. The fourth-order valence-corrected chi connectivity index (χ4v) is 1.90. The van der Waals surface area contributed by atoms with Gasteiger partial charge in [0.05, 0.1) is 5.56 Å². The van der Waals surface area contributed by atoms with E-state index in [-0.39, 0.29) is 0 Å². The molecule has 0 fully saturated rings. The van der Waals surface area contributed by atoms with Crippen LogP contribution < -0.4 is 5.32 Å². The standard InChI is InChI=1S/C17H15F2NO3/c1-10-5-3-6-12(9-10)17(22)23-11(2)16(21)20-15-13(18)7-4-8-14(15)19/h3-9,11H,1-2H3,(H,20,21). The summed E-state index contributed by atoms with van der Waals surface area (Å²) in [5.74, 6) is -3.33. The fraction of sp³-hybridized carbons (Fsp3) is 0.176. The van der Waals surface area contributed by atoms with Crippen LogP contribution in [-0.4, -0.2) is 18.0 Å². The zero-order chi connectivity index (χ0) is 17.0. The van der Waals surface area contributed by atoms with Crippen LogP contribution in [0.5, 0.6) is 0 Å². The first-order valence-corrected chi connectivity index (χ1v) is 6.91. The molecule has 2 rings (SSSR count). The van der Waals surface area contributed by atoms with Gasteiger partial charge in [0.15, 0.2) is 6.10 Å². The molecule has 1 N–H and O–H groups in total. The summed E-state index contributed by atoms with van der Waals surface area (Å²) >= 11 is 0. The topological polar surface area (TPSA) is 55.4 Å². The van der Waals surface area contributed by atoms with E-state index in [4.69, 9.17) is 4.74 Å². The van der Waals surface area contributed by atoms with E-state index in [0.717, 1.165) is 17.7 Å². The predicted molar refractivity (Wildman–Crippen MR) is 81.0 cm³/mol. The van der Waals surface area contributed by atoms with Crippen LogP contribution in [-0.2, 0) is 9.53 Å². The second-order valence-corrected chi connectivity index (χ2v) is 5.00. The highest BCUT2D eigenvalue weighted by molar-refractivity contribution is 5.97. The van der Waals surface area contributed by atoms with Crippen LogP contribution in [0.1, 0.15) is 22.8 Å². The Morgan fingerprint density at radius 1 is 1.09 bits per heavy atom. The van der Waals surface area contributed by atoms with Crippen LogP contribution >= 0.6 is 0 Å². The second-order valence-electron chi connectivity index (χ2n) is 5.00. The Balaban J connectivity index is 2.04. The van der Waals surface area contributed by atoms with Gasteiger partial charge in [-0.3, -0.25) is 4.79 Å². The lowest BCUT2D eigenvalue weighted by atomic mass is 10.1. The lowest BCUT2D eigenvalue weighted by Gasteiger charge is -2.14. The van der Waals surface area contributed by atoms with Crippen molar-refractivity contribution in [1.82, 2.24) is 0 Å². The highest BCUT2D eigenvalue weighted by Crippen LogP contribution is 2.18. The van der Waals surface area contributed by atoms with E-state index in [9.17, 15) is 18.4 Å². The van der Waals surface area contributed by atoms with Crippen molar-refractivity contribution >= 4 is 17.6 Å². The number of carbonyl (C=O) groups is 2. The van der Waals surface area contributed by atoms with Gasteiger partial charge in [-0.1, -0.05) is 23.8 Å². The number of hydrogen-bond donors (Lipinski definition) is 1. The number of hydrogen-bond acceptors (Lipinski definition) is 3. The molecule has 0 aliphatic carbocycles. The SMILES string of the molecule is Cc1cccc(C(=O)OC(C)C(=O)Nc2c(F)cccc2F)c1. The first kappa shape index (κ1) is 16.6. The molecule has 2 aromatic carbocycles. The third-order valence-electron chi connectivity index (χ3n) is 3.12. The van der Waals surface area contributed by atoms with Gasteiger partial charge in [-0.25, -0.2) is 13.6 Å². The summed E-state index contributed by atoms with van der Waals surface area (Å²) in [5.41, 5.74) is 0.586. The monoisotopic (exact) mass is 319 g/mol. The molecule has 6 heteroatoms. The van der Waals surface area contributed by atoms with E-state index in [1.807, 2.05) is 13.0 Å². The smallest absolute Gasteiger partial charge is 0.338 e. The Bertz CT molecular complexity index is 726. The molecule has 0 bridgehead atoms. The molecule has 23 heavy (non-hydrogen) atoms. The van der Waals surface area contributed by atoms with Crippen LogP contribution in [0.3, 0.4) is 0 Å². The van der Waals surface area contributed by atoms with Gasteiger partial charge in [0.2, 0.25) is 0 Å². The van der Waals surface area contributed by atoms with Gasteiger partial charge in [-0.05, 0) is 38.1 Å². The Kier molecular flexibility index (Phi) is 5.05. The quantitative estimate of drug-likeness (QED) is 0.878. The van der Waals surface area contributed by atoms with Gasteiger partial charge in [0, 0.05) is 0 Å². The highest BCUT2D eigenvalue weighted by Gasteiger charge is 2.21. The molecule has 0 radical (unpaired) electrons. The van der Waals surface area contributed by atoms with Crippen molar-refractivity contribution in [2.45, 2.75) is 20.0 Å². The third kappa shape index (κ3) is 4.12. The Labute approximate surface area is 132 Å². The first-order chi connectivity index (χ1) is 10.9. The maximum atomic E-state index is 13.5. The van der Waals surface area contributed by atoms with E-state index < -0.39 is 35.3 Å². The minimum absolute atomic E-state index is 0.293. The molecule has 1 amide bonds. The van der Waals surface area contributed by atoms with Gasteiger partial charge in [0.1, 0.15) is 17.3 Å². The van der Waals surface area contributed by atoms with Crippen LogP contribution in [0.15, 0.2) is 42.5 Å². The predicted octanol–water partition coefficient (Wildman–Crippen LogP) is 3.46. The van der Waals surface area contributed by atoms with Crippen molar-refractivity contribution in [3.63, 3.8) is 0 Å². The Morgan fingerprint density at radius 2 is 1.70 bits per heavy atom. The van der Waals surface area contributed by atoms with Gasteiger partial charge in [0.25, 0.3) is 5.91 Å². The van der Waals surface area contributed by atoms with Crippen molar-refractivity contribution < 1.29 is 23.1 Å². The van der Waals surface area contributed by atoms with E-state index in [1.54, 1.807) is 18.2 Å². The summed E-state index contributed by atoms with van der Waals surface area (Å²) in [6, 6.07) is 9.88. The average molecular weight is 319 g/mol. The molecule has 120 valence electrons. The number of benzene rings is 2. The number of amides is 1. The van der Waals surface area contributed by atoms with Crippen LogP contribution in [0.25, 0.3) is 0 Å². The normalized spacial score (nSPS) is 11.7. The second kappa shape index (κ2) is 7.00. The number of nitrogens with one attached hydrogen (secondary N) is 1. The first-order valence-electron chi connectivity index (χ1n) is 6.91. The highest BCUT2D eigenvalue weighted by atomic mass is 19.1. The molecule has 0 aromatic heterocycles. The number of anilines is 1. The number of carbonyl (C=O) groups excluding carboxylic acids is 2. The Morgan fingerprint density at radius 3 is 2.30 bits per heavy atom. The number of esters is 1. The number of rotatable bonds is 4. The molecule has 1 atom stereocenters. The van der Waals surface area contributed by atoms with E-state index in [2.05, 4.69) is 5.32 Å². The van der Waals surface area contributed by atoms with Crippen molar-refractivity contribution in [2.75, 3.05) is 5.32 Å². The van der Waals surface area contributed by atoms with Gasteiger partial charge < -0.3 is 10.1 Å². The van der Waals surface area contributed by atoms with Crippen LogP contribution in [0.2, 0.25) is 0 Å². The Hall–Kier alpha value is -2.76. The molecule has 1 unspecified atom stereocenters. The molecule has 0 aliphatic heterocycles. The molecule has 0 spiro atoms. The minimum atomic E-state index is -1.21. The third-order valence-corrected chi connectivity index (χ3v) is 3.12. The number of aryl methyl sites for hydroxylation is 1. The maximum Gasteiger partial charge on any atom is 0.338 e. The zero-order valence-electron chi connectivity index (χ0n) is 12.6. The number of halogens is 2. The molecular weight excluding hydrogens is 304 g/mol. The molecule has 0 saturated heterocycles. The molecule has 0 heterocycles. The molecular formula is C17H15F2NO3. The molecule has 0 saturated carbocycles. The lowest BCUT2D eigenvalue weighted by Crippen LogP contribution is -2.30. The summed E-state index contributed by atoms with van der Waals surface area (Å²) in [7, 11) is 0. The van der Waals surface area contributed by atoms with Gasteiger partial charge in [-0.2, -0.15) is 0 Å². The van der Waals surface area contributed by atoms with Crippen molar-refractivity contribution in [2.24, 2.45) is 0 Å².